The summed E-state index contributed by atoms with van der Waals surface area (Å²) >= 11 is 11.3. The third-order valence-corrected chi connectivity index (χ3v) is 2.23. The summed E-state index contributed by atoms with van der Waals surface area (Å²) in [6, 6.07) is 5.55. The van der Waals surface area contributed by atoms with Gasteiger partial charge in [0.2, 0.25) is 0 Å². The van der Waals surface area contributed by atoms with Crippen molar-refractivity contribution in [3.8, 4) is 5.75 Å². The van der Waals surface area contributed by atoms with Gasteiger partial charge in [0.25, 0.3) is 0 Å². The van der Waals surface area contributed by atoms with Gasteiger partial charge in [-0.15, -0.1) is 0 Å². The topological polar surface area (TPSA) is 21.3 Å². The van der Waals surface area contributed by atoms with Crippen LogP contribution in [0.4, 0.5) is 0 Å². The predicted octanol–water partition coefficient (Wildman–Crippen LogP) is 3.19. The lowest BCUT2D eigenvalue weighted by Gasteiger charge is -2.10. The fraction of sp³-hybridized carbons (Fsp3) is 0.273. The number of benzene rings is 1. The van der Waals surface area contributed by atoms with Crippen molar-refractivity contribution in [2.24, 2.45) is 0 Å². The molecule has 15 heavy (non-hydrogen) atoms. The second-order valence-corrected chi connectivity index (χ2v) is 3.64. The molecule has 82 valence electrons. The average Bonchev–Trinajstić information content (AvgIpc) is 2.22. The summed E-state index contributed by atoms with van der Waals surface area (Å²) in [5.74, 6) is 0.823. The number of hydrogen-bond acceptors (Lipinski definition) is 2. The Hall–Kier alpha value is -0.700. The molecule has 2 nitrogen and oxygen atoms in total. The minimum absolute atomic E-state index is 0.460. The Morgan fingerprint density at radius 1 is 1.47 bits per heavy atom. The standard InChI is InChI=1S/C11H13Cl2NO/c1-14-8-9-7-10(13)3-4-11(9)15-6-2-5-12/h2-5,7,14H,6,8H2,1H3/b5-2+. The first-order valence-electron chi connectivity index (χ1n) is 4.59. The van der Waals surface area contributed by atoms with Crippen LogP contribution in [0.1, 0.15) is 5.56 Å². The third kappa shape index (κ3) is 4.12. The Morgan fingerprint density at radius 3 is 2.93 bits per heavy atom. The van der Waals surface area contributed by atoms with Crippen molar-refractivity contribution in [1.29, 1.82) is 0 Å². The molecule has 0 fully saturated rings. The highest BCUT2D eigenvalue weighted by Crippen LogP contribution is 2.22. The average molecular weight is 246 g/mol. The molecule has 0 aliphatic carbocycles. The molecule has 0 radical (unpaired) electrons. The maximum atomic E-state index is 5.90. The van der Waals surface area contributed by atoms with Crippen LogP contribution in [0.15, 0.2) is 29.8 Å². The quantitative estimate of drug-likeness (QED) is 0.861. The molecule has 0 amide bonds. The smallest absolute Gasteiger partial charge is 0.124 e. The van der Waals surface area contributed by atoms with E-state index in [2.05, 4.69) is 5.32 Å². The number of hydrogen-bond donors (Lipinski definition) is 1. The summed E-state index contributed by atoms with van der Waals surface area (Å²) in [6.07, 6.45) is 1.74. The molecule has 0 atom stereocenters. The summed E-state index contributed by atoms with van der Waals surface area (Å²) in [5, 5.41) is 3.77. The highest BCUT2D eigenvalue weighted by molar-refractivity contribution is 6.30. The maximum absolute atomic E-state index is 5.90. The van der Waals surface area contributed by atoms with Crippen molar-refractivity contribution in [2.45, 2.75) is 6.54 Å². The normalized spacial score (nSPS) is 10.9. The van der Waals surface area contributed by atoms with Crippen molar-refractivity contribution >= 4 is 23.2 Å². The molecule has 0 bridgehead atoms. The fourth-order valence-corrected chi connectivity index (χ4v) is 1.46. The van der Waals surface area contributed by atoms with Crippen molar-refractivity contribution in [1.82, 2.24) is 5.32 Å². The number of nitrogens with one attached hydrogen (secondary N) is 1. The van der Waals surface area contributed by atoms with Gasteiger partial charge in [-0.05, 0) is 31.3 Å². The van der Waals surface area contributed by atoms with E-state index in [-0.39, 0.29) is 0 Å². The summed E-state index contributed by atoms with van der Waals surface area (Å²) in [5.41, 5.74) is 2.47. The summed E-state index contributed by atoms with van der Waals surface area (Å²) in [4.78, 5) is 0. The van der Waals surface area contributed by atoms with Crippen molar-refractivity contribution in [3.05, 3.63) is 40.4 Å². The lowest BCUT2D eigenvalue weighted by Crippen LogP contribution is -2.07. The molecular weight excluding hydrogens is 233 g/mol. The van der Waals surface area contributed by atoms with E-state index in [1.54, 1.807) is 12.1 Å². The van der Waals surface area contributed by atoms with Crippen LogP contribution in [-0.2, 0) is 6.54 Å². The SMILES string of the molecule is CNCc1cc(Cl)ccc1OC/C=C/Cl. The Morgan fingerprint density at radius 2 is 2.27 bits per heavy atom. The molecule has 1 aromatic carbocycles. The second-order valence-electron chi connectivity index (χ2n) is 2.96. The number of rotatable bonds is 5. The molecule has 1 aromatic rings. The van der Waals surface area contributed by atoms with Crippen LogP contribution in [0.25, 0.3) is 0 Å². The van der Waals surface area contributed by atoms with Gasteiger partial charge < -0.3 is 10.1 Å². The molecule has 1 N–H and O–H groups in total. The molecule has 4 heteroatoms. The molecule has 0 aromatic heterocycles. The summed E-state index contributed by atoms with van der Waals surface area (Å²) in [7, 11) is 1.88. The zero-order valence-corrected chi connectivity index (χ0v) is 9.98. The second kappa shape index (κ2) is 6.72. The van der Waals surface area contributed by atoms with Crippen LogP contribution >= 0.6 is 23.2 Å². The van der Waals surface area contributed by atoms with Gasteiger partial charge in [-0.1, -0.05) is 23.2 Å². The van der Waals surface area contributed by atoms with Gasteiger partial charge in [0.15, 0.2) is 0 Å². The maximum Gasteiger partial charge on any atom is 0.124 e. The third-order valence-electron chi connectivity index (χ3n) is 1.81. The lowest BCUT2D eigenvalue weighted by molar-refractivity contribution is 0.358. The molecule has 0 saturated carbocycles. The lowest BCUT2D eigenvalue weighted by atomic mass is 10.2. The molecule has 0 unspecified atom stereocenters. The van der Waals surface area contributed by atoms with Gasteiger partial charge in [-0.25, -0.2) is 0 Å². The van der Waals surface area contributed by atoms with E-state index in [9.17, 15) is 0 Å². The Bertz CT molecular complexity index is 339. The van der Waals surface area contributed by atoms with Crippen LogP contribution < -0.4 is 10.1 Å². The van der Waals surface area contributed by atoms with Gasteiger partial charge in [-0.2, -0.15) is 0 Å². The van der Waals surface area contributed by atoms with Gasteiger partial charge >= 0.3 is 0 Å². The minimum Gasteiger partial charge on any atom is -0.489 e. The van der Waals surface area contributed by atoms with E-state index < -0.39 is 0 Å². The minimum atomic E-state index is 0.460. The summed E-state index contributed by atoms with van der Waals surface area (Å²) in [6.45, 7) is 1.18. The summed E-state index contributed by atoms with van der Waals surface area (Å²) < 4.78 is 5.52. The van der Waals surface area contributed by atoms with Crippen molar-refractivity contribution in [2.75, 3.05) is 13.7 Å². The Kier molecular flexibility index (Phi) is 5.54. The molecule has 0 saturated heterocycles. The first-order valence-corrected chi connectivity index (χ1v) is 5.40. The van der Waals surface area contributed by atoms with Crippen LogP contribution in [0, 0.1) is 0 Å². The first-order chi connectivity index (χ1) is 7.27. The molecule has 1 rings (SSSR count). The van der Waals surface area contributed by atoms with E-state index >= 15 is 0 Å². The molecule has 0 aliphatic heterocycles. The predicted molar refractivity (Wildman–Crippen MR) is 64.7 cm³/mol. The first kappa shape index (κ1) is 12.4. The number of halogens is 2. The highest BCUT2D eigenvalue weighted by Gasteiger charge is 2.02. The van der Waals surface area contributed by atoms with E-state index in [0.29, 0.717) is 11.6 Å². The van der Waals surface area contributed by atoms with E-state index in [1.165, 1.54) is 5.54 Å². The molecule has 0 spiro atoms. The van der Waals surface area contributed by atoms with E-state index in [4.69, 9.17) is 27.9 Å². The molecule has 0 aliphatic rings. The van der Waals surface area contributed by atoms with Crippen LogP contribution in [0.3, 0.4) is 0 Å². The van der Waals surface area contributed by atoms with E-state index in [1.807, 2.05) is 19.2 Å². The van der Waals surface area contributed by atoms with Crippen LogP contribution in [0.5, 0.6) is 5.75 Å². The fourth-order valence-electron chi connectivity index (χ4n) is 1.19. The van der Waals surface area contributed by atoms with E-state index in [0.717, 1.165) is 17.9 Å². The zero-order valence-electron chi connectivity index (χ0n) is 8.47. The Labute approximate surface area is 99.8 Å². The van der Waals surface area contributed by atoms with Crippen molar-refractivity contribution in [3.63, 3.8) is 0 Å². The van der Waals surface area contributed by atoms with Crippen molar-refractivity contribution < 1.29 is 4.74 Å². The number of ether oxygens (including phenoxy) is 1. The molecule has 0 heterocycles. The van der Waals surface area contributed by atoms with Crippen LogP contribution in [0.2, 0.25) is 5.02 Å². The largest absolute Gasteiger partial charge is 0.489 e. The van der Waals surface area contributed by atoms with Crippen LogP contribution in [-0.4, -0.2) is 13.7 Å². The Balaban J connectivity index is 2.75. The van der Waals surface area contributed by atoms with Gasteiger partial charge in [-0.3, -0.25) is 0 Å². The monoisotopic (exact) mass is 245 g/mol. The zero-order chi connectivity index (χ0) is 11.1. The van der Waals surface area contributed by atoms with Gasteiger partial charge in [0, 0.05) is 22.7 Å². The molecular formula is C11H13Cl2NO. The highest BCUT2D eigenvalue weighted by atomic mass is 35.5. The van der Waals surface area contributed by atoms with Gasteiger partial charge in [0.1, 0.15) is 12.4 Å². The van der Waals surface area contributed by atoms with Gasteiger partial charge in [0.05, 0.1) is 0 Å².